The summed E-state index contributed by atoms with van der Waals surface area (Å²) >= 11 is 0. The Morgan fingerprint density at radius 2 is 1.30 bits per heavy atom. The highest BCUT2D eigenvalue weighted by atomic mass is 14.2. The van der Waals surface area contributed by atoms with Crippen LogP contribution in [0.25, 0.3) is 0 Å². The van der Waals surface area contributed by atoms with Gasteiger partial charge in [0.25, 0.3) is 0 Å². The molecule has 0 saturated heterocycles. The van der Waals surface area contributed by atoms with Crippen molar-refractivity contribution in [3.8, 4) is 0 Å². The van der Waals surface area contributed by atoms with Crippen LogP contribution in [0.4, 0.5) is 0 Å². The molecule has 0 aromatic heterocycles. The molecular formula is C30H34. The first-order chi connectivity index (χ1) is 14.4. The minimum atomic E-state index is 0.373. The normalized spacial score (nSPS) is 11.7. The number of allylic oxidation sites excluding steroid dienone is 3. The first kappa shape index (κ1) is 21.8. The molecule has 0 aliphatic rings. The first-order valence-corrected chi connectivity index (χ1v) is 11.0. The fourth-order valence-corrected chi connectivity index (χ4v) is 4.15. The van der Waals surface area contributed by atoms with Crippen molar-refractivity contribution in [1.29, 1.82) is 0 Å². The van der Waals surface area contributed by atoms with Gasteiger partial charge >= 0.3 is 0 Å². The van der Waals surface area contributed by atoms with E-state index < -0.39 is 0 Å². The summed E-state index contributed by atoms with van der Waals surface area (Å²) in [6.45, 7) is 12.8. The van der Waals surface area contributed by atoms with Crippen LogP contribution in [-0.4, -0.2) is 0 Å². The zero-order valence-corrected chi connectivity index (χ0v) is 18.9. The molecule has 0 nitrogen and oxygen atoms in total. The van der Waals surface area contributed by atoms with E-state index in [1.807, 2.05) is 0 Å². The van der Waals surface area contributed by atoms with Gasteiger partial charge in [-0.3, -0.25) is 0 Å². The number of benzene rings is 3. The molecule has 3 aromatic carbocycles. The Balaban J connectivity index is 1.76. The van der Waals surface area contributed by atoms with Crippen molar-refractivity contribution in [3.63, 3.8) is 0 Å². The SMILES string of the molecule is C=C(C)C(CCc1ccc(CC(c2ccccc2)c2ccc(C)cc2)cc1)=C(C)C. The van der Waals surface area contributed by atoms with E-state index in [2.05, 4.69) is 113 Å². The van der Waals surface area contributed by atoms with Crippen molar-refractivity contribution < 1.29 is 0 Å². The van der Waals surface area contributed by atoms with Crippen molar-refractivity contribution >= 4 is 0 Å². The van der Waals surface area contributed by atoms with Crippen LogP contribution in [0.5, 0.6) is 0 Å². The molecular weight excluding hydrogens is 360 g/mol. The molecule has 0 spiro atoms. The molecule has 0 aliphatic heterocycles. The van der Waals surface area contributed by atoms with Crippen LogP contribution in [0.2, 0.25) is 0 Å². The predicted molar refractivity (Wildman–Crippen MR) is 131 cm³/mol. The quantitative estimate of drug-likeness (QED) is 0.338. The Labute approximate surface area is 183 Å². The molecule has 0 radical (unpaired) electrons. The van der Waals surface area contributed by atoms with Crippen molar-refractivity contribution in [1.82, 2.24) is 0 Å². The summed E-state index contributed by atoms with van der Waals surface area (Å²) in [6.07, 6.45) is 3.14. The topological polar surface area (TPSA) is 0 Å². The van der Waals surface area contributed by atoms with Gasteiger partial charge < -0.3 is 0 Å². The highest BCUT2D eigenvalue weighted by Crippen LogP contribution is 2.29. The second-order valence-electron chi connectivity index (χ2n) is 8.65. The maximum Gasteiger partial charge on any atom is 0.0130 e. The largest absolute Gasteiger partial charge is 0.0958 e. The van der Waals surface area contributed by atoms with Crippen LogP contribution in [0.1, 0.15) is 60.9 Å². The Bertz CT molecular complexity index is 982. The fraction of sp³-hybridized carbons (Fsp3) is 0.267. The lowest BCUT2D eigenvalue weighted by atomic mass is 9.85. The molecule has 0 N–H and O–H groups in total. The van der Waals surface area contributed by atoms with Crippen LogP contribution >= 0.6 is 0 Å². The lowest BCUT2D eigenvalue weighted by Crippen LogP contribution is -2.05. The molecule has 0 aliphatic carbocycles. The molecule has 0 fully saturated rings. The molecule has 3 aromatic rings. The average Bonchev–Trinajstić information content (AvgIpc) is 2.74. The third kappa shape index (κ3) is 5.83. The molecule has 1 unspecified atom stereocenters. The molecule has 154 valence electrons. The van der Waals surface area contributed by atoms with Crippen LogP contribution in [0.15, 0.2) is 102 Å². The lowest BCUT2D eigenvalue weighted by molar-refractivity contribution is 0.803. The first-order valence-electron chi connectivity index (χ1n) is 11.0. The molecule has 30 heavy (non-hydrogen) atoms. The summed E-state index contributed by atoms with van der Waals surface area (Å²) in [4.78, 5) is 0. The van der Waals surface area contributed by atoms with Crippen molar-refractivity contribution in [2.24, 2.45) is 0 Å². The number of aryl methyl sites for hydroxylation is 2. The lowest BCUT2D eigenvalue weighted by Gasteiger charge is -2.19. The van der Waals surface area contributed by atoms with E-state index in [-0.39, 0.29) is 0 Å². The smallest absolute Gasteiger partial charge is 0.0130 e. The highest BCUT2D eigenvalue weighted by Gasteiger charge is 2.15. The summed E-state index contributed by atoms with van der Waals surface area (Å²) in [7, 11) is 0. The van der Waals surface area contributed by atoms with Gasteiger partial charge in [-0.2, -0.15) is 0 Å². The van der Waals surface area contributed by atoms with Gasteiger partial charge in [0.2, 0.25) is 0 Å². The van der Waals surface area contributed by atoms with Crippen LogP contribution in [0, 0.1) is 6.92 Å². The number of hydrogen-bond donors (Lipinski definition) is 0. The number of rotatable bonds is 8. The minimum absolute atomic E-state index is 0.373. The summed E-state index contributed by atoms with van der Waals surface area (Å²) in [5.74, 6) is 0.373. The Kier molecular flexibility index (Phi) is 7.46. The van der Waals surface area contributed by atoms with E-state index in [1.165, 1.54) is 44.5 Å². The molecule has 0 amide bonds. The molecule has 0 heteroatoms. The van der Waals surface area contributed by atoms with Gasteiger partial charge in [0, 0.05) is 5.92 Å². The van der Waals surface area contributed by atoms with E-state index >= 15 is 0 Å². The molecule has 0 bridgehead atoms. The highest BCUT2D eigenvalue weighted by molar-refractivity contribution is 5.37. The zero-order valence-electron chi connectivity index (χ0n) is 18.9. The van der Waals surface area contributed by atoms with Gasteiger partial charge in [0.05, 0.1) is 0 Å². The predicted octanol–water partition coefficient (Wildman–Crippen LogP) is 8.21. The van der Waals surface area contributed by atoms with Gasteiger partial charge in [0.15, 0.2) is 0 Å². The number of hydrogen-bond acceptors (Lipinski definition) is 0. The fourth-order valence-electron chi connectivity index (χ4n) is 4.15. The van der Waals surface area contributed by atoms with Crippen molar-refractivity contribution in [2.45, 2.75) is 52.9 Å². The van der Waals surface area contributed by atoms with Gasteiger partial charge in [-0.15, -0.1) is 0 Å². The Morgan fingerprint density at radius 3 is 1.87 bits per heavy atom. The molecule has 0 heterocycles. The van der Waals surface area contributed by atoms with E-state index in [0.29, 0.717) is 5.92 Å². The molecule has 1 atom stereocenters. The van der Waals surface area contributed by atoms with Crippen LogP contribution in [-0.2, 0) is 12.8 Å². The maximum absolute atomic E-state index is 4.14. The van der Waals surface area contributed by atoms with Crippen molar-refractivity contribution in [3.05, 3.63) is 130 Å². The Hall–Kier alpha value is -2.86. The summed E-state index contributed by atoms with van der Waals surface area (Å²) in [5, 5.41) is 0. The second-order valence-corrected chi connectivity index (χ2v) is 8.65. The minimum Gasteiger partial charge on any atom is -0.0958 e. The van der Waals surface area contributed by atoms with Crippen LogP contribution in [0.3, 0.4) is 0 Å². The van der Waals surface area contributed by atoms with Crippen LogP contribution < -0.4 is 0 Å². The van der Waals surface area contributed by atoms with E-state index in [9.17, 15) is 0 Å². The summed E-state index contributed by atoms with van der Waals surface area (Å²) in [6, 6.07) is 29.1. The molecule has 0 saturated carbocycles. The monoisotopic (exact) mass is 394 g/mol. The van der Waals surface area contributed by atoms with E-state index in [4.69, 9.17) is 0 Å². The van der Waals surface area contributed by atoms with Crippen molar-refractivity contribution in [2.75, 3.05) is 0 Å². The van der Waals surface area contributed by atoms with Gasteiger partial charge in [-0.25, -0.2) is 0 Å². The molecule has 3 rings (SSSR count). The second kappa shape index (κ2) is 10.3. The zero-order chi connectivity index (χ0) is 21.5. The van der Waals surface area contributed by atoms with E-state index in [1.54, 1.807) is 0 Å². The third-order valence-electron chi connectivity index (χ3n) is 5.93. The van der Waals surface area contributed by atoms with E-state index in [0.717, 1.165) is 19.3 Å². The standard InChI is InChI=1S/C30H34/c1-22(2)29(23(3)4)20-17-25-13-15-26(16-14-25)21-30(27-9-7-6-8-10-27)28-18-11-24(5)12-19-28/h6-16,18-19,30H,1,17,20-21H2,2-5H3. The Morgan fingerprint density at radius 1 is 0.733 bits per heavy atom. The maximum atomic E-state index is 4.14. The summed E-state index contributed by atoms with van der Waals surface area (Å²) in [5.41, 5.74) is 10.8. The van der Waals surface area contributed by atoms with Gasteiger partial charge in [0.1, 0.15) is 0 Å². The van der Waals surface area contributed by atoms with Gasteiger partial charge in [-0.1, -0.05) is 102 Å². The average molecular weight is 395 g/mol. The summed E-state index contributed by atoms with van der Waals surface area (Å²) < 4.78 is 0. The van der Waals surface area contributed by atoms with Gasteiger partial charge in [-0.05, 0) is 74.8 Å². The third-order valence-corrected chi connectivity index (χ3v) is 5.93.